The van der Waals surface area contributed by atoms with Gasteiger partial charge in [-0.3, -0.25) is 0 Å². The largest absolute Gasteiger partial charge is 0.371 e. The van der Waals surface area contributed by atoms with E-state index in [0.717, 1.165) is 32.0 Å². The van der Waals surface area contributed by atoms with Gasteiger partial charge in [0.05, 0.1) is 0 Å². The zero-order chi connectivity index (χ0) is 10.8. The lowest BCUT2D eigenvalue weighted by atomic mass is 10.1. The highest BCUT2D eigenvalue weighted by Crippen LogP contribution is 2.24. The van der Waals surface area contributed by atoms with Crippen molar-refractivity contribution in [1.29, 1.82) is 0 Å². The van der Waals surface area contributed by atoms with E-state index in [1.807, 2.05) is 4.90 Å². The maximum Gasteiger partial charge on any atom is 0.135 e. The molecule has 0 spiro atoms. The van der Waals surface area contributed by atoms with Gasteiger partial charge in [0, 0.05) is 30.4 Å². The standard InChI is InChI=1S/C12H13F2N/c1-9(15-6-2-3-7-15)11-5-4-10(13)8-12(11)14/h4-5,8H,1-3,6-7H2. The molecular weight excluding hydrogens is 196 g/mol. The number of halogens is 2. The van der Waals surface area contributed by atoms with Crippen LogP contribution in [-0.2, 0) is 0 Å². The Hall–Kier alpha value is -1.38. The van der Waals surface area contributed by atoms with Gasteiger partial charge in [0.2, 0.25) is 0 Å². The van der Waals surface area contributed by atoms with E-state index in [9.17, 15) is 8.78 Å². The normalized spacial score (nSPS) is 15.7. The molecule has 1 nitrogen and oxygen atoms in total. The van der Waals surface area contributed by atoms with Gasteiger partial charge < -0.3 is 4.90 Å². The second-order valence-corrected chi connectivity index (χ2v) is 3.77. The highest BCUT2D eigenvalue weighted by atomic mass is 19.1. The lowest BCUT2D eigenvalue weighted by Crippen LogP contribution is -2.17. The first-order valence-corrected chi connectivity index (χ1v) is 5.08. The van der Waals surface area contributed by atoms with Gasteiger partial charge in [-0.25, -0.2) is 8.78 Å². The fourth-order valence-corrected chi connectivity index (χ4v) is 1.88. The Morgan fingerprint density at radius 3 is 2.47 bits per heavy atom. The minimum absolute atomic E-state index is 0.401. The Kier molecular flexibility index (Phi) is 2.71. The van der Waals surface area contributed by atoms with Crippen LogP contribution in [0.2, 0.25) is 0 Å². The molecule has 0 amide bonds. The predicted molar refractivity (Wildman–Crippen MR) is 56.2 cm³/mol. The van der Waals surface area contributed by atoms with Gasteiger partial charge in [0.1, 0.15) is 11.6 Å². The van der Waals surface area contributed by atoms with Gasteiger partial charge in [0.15, 0.2) is 0 Å². The molecule has 1 aromatic carbocycles. The van der Waals surface area contributed by atoms with Gasteiger partial charge in [-0.05, 0) is 25.0 Å². The van der Waals surface area contributed by atoms with Crippen LogP contribution in [0, 0.1) is 11.6 Å². The van der Waals surface area contributed by atoms with E-state index in [-0.39, 0.29) is 0 Å². The maximum atomic E-state index is 13.4. The maximum absolute atomic E-state index is 13.4. The summed E-state index contributed by atoms with van der Waals surface area (Å²) < 4.78 is 26.1. The molecule has 1 aliphatic heterocycles. The Morgan fingerprint density at radius 1 is 1.20 bits per heavy atom. The number of nitrogens with zero attached hydrogens (tertiary/aromatic N) is 1. The number of rotatable bonds is 2. The monoisotopic (exact) mass is 209 g/mol. The summed E-state index contributed by atoms with van der Waals surface area (Å²) in [5, 5.41) is 0. The molecule has 2 rings (SSSR count). The van der Waals surface area contributed by atoms with Crippen LogP contribution < -0.4 is 0 Å². The zero-order valence-electron chi connectivity index (χ0n) is 8.47. The summed E-state index contributed by atoms with van der Waals surface area (Å²) in [6.07, 6.45) is 2.23. The van der Waals surface area contributed by atoms with E-state index >= 15 is 0 Å². The first-order valence-electron chi connectivity index (χ1n) is 5.08. The molecule has 0 saturated carbocycles. The fraction of sp³-hybridized carbons (Fsp3) is 0.333. The predicted octanol–water partition coefficient (Wildman–Crippen LogP) is 3.03. The van der Waals surface area contributed by atoms with E-state index in [1.165, 1.54) is 12.1 Å². The highest BCUT2D eigenvalue weighted by Gasteiger charge is 2.17. The third kappa shape index (κ3) is 2.01. The van der Waals surface area contributed by atoms with Crippen LogP contribution in [0.5, 0.6) is 0 Å². The van der Waals surface area contributed by atoms with Crippen molar-refractivity contribution in [1.82, 2.24) is 4.90 Å². The van der Waals surface area contributed by atoms with Crippen LogP contribution in [0.1, 0.15) is 18.4 Å². The van der Waals surface area contributed by atoms with Crippen molar-refractivity contribution in [2.45, 2.75) is 12.8 Å². The van der Waals surface area contributed by atoms with Crippen LogP contribution in [0.25, 0.3) is 5.70 Å². The smallest absolute Gasteiger partial charge is 0.135 e. The van der Waals surface area contributed by atoms with E-state index < -0.39 is 11.6 Å². The third-order valence-corrected chi connectivity index (χ3v) is 2.73. The van der Waals surface area contributed by atoms with E-state index in [1.54, 1.807) is 0 Å². The van der Waals surface area contributed by atoms with Crippen molar-refractivity contribution < 1.29 is 8.78 Å². The van der Waals surface area contributed by atoms with Crippen molar-refractivity contribution in [2.24, 2.45) is 0 Å². The van der Waals surface area contributed by atoms with Crippen molar-refractivity contribution >= 4 is 5.70 Å². The summed E-state index contributed by atoms with van der Waals surface area (Å²) in [5.41, 5.74) is 1.06. The molecule has 3 heteroatoms. The number of benzene rings is 1. The number of likely N-dealkylation sites (tertiary alicyclic amines) is 1. The van der Waals surface area contributed by atoms with Gasteiger partial charge in [-0.15, -0.1) is 0 Å². The molecule has 1 aromatic rings. The molecule has 0 atom stereocenters. The van der Waals surface area contributed by atoms with Gasteiger partial charge in [0.25, 0.3) is 0 Å². The highest BCUT2D eigenvalue weighted by molar-refractivity contribution is 5.62. The first kappa shape index (κ1) is 10.1. The topological polar surface area (TPSA) is 3.24 Å². The third-order valence-electron chi connectivity index (χ3n) is 2.73. The van der Waals surface area contributed by atoms with Gasteiger partial charge in [-0.1, -0.05) is 6.58 Å². The molecule has 0 aliphatic carbocycles. The minimum Gasteiger partial charge on any atom is -0.371 e. The second-order valence-electron chi connectivity index (χ2n) is 3.77. The quantitative estimate of drug-likeness (QED) is 0.723. The summed E-state index contributed by atoms with van der Waals surface area (Å²) in [5.74, 6) is -1.09. The van der Waals surface area contributed by atoms with Crippen LogP contribution in [0.4, 0.5) is 8.78 Å². The fourth-order valence-electron chi connectivity index (χ4n) is 1.88. The Balaban J connectivity index is 2.24. The van der Waals surface area contributed by atoms with Crippen LogP contribution in [0.3, 0.4) is 0 Å². The molecule has 1 aliphatic rings. The Bertz CT molecular complexity index is 381. The zero-order valence-corrected chi connectivity index (χ0v) is 8.47. The van der Waals surface area contributed by atoms with Crippen molar-refractivity contribution in [3.63, 3.8) is 0 Å². The number of hydrogen-bond donors (Lipinski definition) is 0. The molecule has 1 heterocycles. The molecule has 1 fully saturated rings. The minimum atomic E-state index is -0.550. The molecule has 0 bridgehead atoms. The van der Waals surface area contributed by atoms with Crippen LogP contribution in [-0.4, -0.2) is 18.0 Å². The molecule has 0 unspecified atom stereocenters. The van der Waals surface area contributed by atoms with E-state index in [2.05, 4.69) is 6.58 Å². The molecule has 1 saturated heterocycles. The van der Waals surface area contributed by atoms with Crippen molar-refractivity contribution in [3.05, 3.63) is 42.0 Å². The van der Waals surface area contributed by atoms with Gasteiger partial charge in [-0.2, -0.15) is 0 Å². The number of hydrogen-bond acceptors (Lipinski definition) is 1. The summed E-state index contributed by atoms with van der Waals surface area (Å²) in [4.78, 5) is 2.04. The summed E-state index contributed by atoms with van der Waals surface area (Å²) >= 11 is 0. The van der Waals surface area contributed by atoms with Crippen LogP contribution in [0.15, 0.2) is 24.8 Å². The second kappa shape index (κ2) is 4.01. The lowest BCUT2D eigenvalue weighted by Gasteiger charge is -2.20. The lowest BCUT2D eigenvalue weighted by molar-refractivity contribution is 0.487. The molecule has 80 valence electrons. The molecule has 0 N–H and O–H groups in total. The van der Waals surface area contributed by atoms with E-state index in [4.69, 9.17) is 0 Å². The molecule has 15 heavy (non-hydrogen) atoms. The first-order chi connectivity index (χ1) is 7.18. The van der Waals surface area contributed by atoms with Gasteiger partial charge >= 0.3 is 0 Å². The van der Waals surface area contributed by atoms with E-state index in [0.29, 0.717) is 11.3 Å². The Morgan fingerprint density at radius 2 is 1.87 bits per heavy atom. The average molecular weight is 209 g/mol. The summed E-state index contributed by atoms with van der Waals surface area (Å²) in [6.45, 7) is 5.69. The molecular formula is C12H13F2N. The Labute approximate surface area is 88.0 Å². The van der Waals surface area contributed by atoms with Crippen LogP contribution >= 0.6 is 0 Å². The molecule has 0 radical (unpaired) electrons. The average Bonchev–Trinajstić information content (AvgIpc) is 2.69. The summed E-state index contributed by atoms with van der Waals surface area (Å²) in [7, 11) is 0. The van der Waals surface area contributed by atoms with Crippen molar-refractivity contribution in [2.75, 3.05) is 13.1 Å². The SMILES string of the molecule is C=C(c1ccc(F)cc1F)N1CCCC1. The van der Waals surface area contributed by atoms with Crippen molar-refractivity contribution in [3.8, 4) is 0 Å². The summed E-state index contributed by atoms with van der Waals surface area (Å²) in [6, 6.07) is 3.61. The molecule has 0 aromatic heterocycles.